The number of ketones is 1. The zero-order chi connectivity index (χ0) is 28.4. The van der Waals surface area contributed by atoms with Crippen LogP contribution < -0.4 is 15.5 Å². The first kappa shape index (κ1) is 26.9. The van der Waals surface area contributed by atoms with Crippen LogP contribution in [0.4, 0.5) is 17.1 Å². The summed E-state index contributed by atoms with van der Waals surface area (Å²) in [4.78, 5) is 40.2. The van der Waals surface area contributed by atoms with E-state index in [2.05, 4.69) is 24.5 Å². The predicted octanol–water partition coefficient (Wildman–Crippen LogP) is 5.28. The second kappa shape index (κ2) is 10.8. The highest BCUT2D eigenvalue weighted by molar-refractivity contribution is 6.02. The van der Waals surface area contributed by atoms with E-state index in [4.69, 9.17) is 0 Å². The highest BCUT2D eigenvalue weighted by Crippen LogP contribution is 2.48. The van der Waals surface area contributed by atoms with Crippen molar-refractivity contribution in [3.8, 4) is 5.75 Å². The Kier molecular flexibility index (Phi) is 7.30. The third kappa shape index (κ3) is 5.68. The van der Waals surface area contributed by atoms with Crippen LogP contribution >= 0.6 is 0 Å². The Morgan fingerprint density at radius 1 is 1.10 bits per heavy atom. The van der Waals surface area contributed by atoms with Crippen molar-refractivity contribution in [2.24, 2.45) is 5.41 Å². The van der Waals surface area contributed by atoms with Gasteiger partial charge in [0.25, 0.3) is 5.69 Å². The van der Waals surface area contributed by atoms with Crippen molar-refractivity contribution in [1.29, 1.82) is 0 Å². The number of carbonyl (C=O) groups is 2. The molecule has 5 rings (SSSR count). The molecule has 0 spiro atoms. The van der Waals surface area contributed by atoms with Crippen LogP contribution in [0.15, 0.2) is 84.1 Å². The van der Waals surface area contributed by atoms with E-state index >= 15 is 0 Å². The van der Waals surface area contributed by atoms with Crippen molar-refractivity contribution in [2.45, 2.75) is 39.2 Å². The van der Waals surface area contributed by atoms with Crippen LogP contribution in [0.25, 0.3) is 0 Å². The lowest BCUT2D eigenvalue weighted by Gasteiger charge is -2.37. The van der Waals surface area contributed by atoms with E-state index in [0.717, 1.165) is 22.6 Å². The topological polar surface area (TPSA) is 125 Å². The van der Waals surface area contributed by atoms with Gasteiger partial charge in [-0.05, 0) is 53.6 Å². The number of nitrogens with zero attached hydrogens (tertiary/aromatic N) is 2. The Balaban J connectivity index is 1.53. The van der Waals surface area contributed by atoms with E-state index in [1.165, 1.54) is 12.1 Å². The molecule has 0 saturated heterocycles. The number of nitro groups is 1. The molecule has 1 aliphatic heterocycles. The van der Waals surface area contributed by atoms with Gasteiger partial charge in [0.15, 0.2) is 5.78 Å². The van der Waals surface area contributed by atoms with Gasteiger partial charge in [-0.1, -0.05) is 50.2 Å². The number of hydrogen-bond acceptors (Lipinski definition) is 7. The monoisotopic (exact) mass is 540 g/mol. The van der Waals surface area contributed by atoms with Crippen LogP contribution in [0.3, 0.4) is 0 Å². The van der Waals surface area contributed by atoms with Crippen LogP contribution in [0.5, 0.6) is 5.75 Å². The maximum atomic E-state index is 13.8. The van der Waals surface area contributed by atoms with Gasteiger partial charge in [0.2, 0.25) is 5.91 Å². The summed E-state index contributed by atoms with van der Waals surface area (Å²) >= 11 is 0. The van der Waals surface area contributed by atoms with Gasteiger partial charge in [-0.15, -0.1) is 0 Å². The number of Topliss-reactive ketones (excluding diaryl/α,β-unsaturated/α-hetero) is 1. The molecule has 3 aromatic carbocycles. The second-order valence-corrected chi connectivity index (χ2v) is 11.1. The highest BCUT2D eigenvalue weighted by atomic mass is 16.6. The van der Waals surface area contributed by atoms with E-state index in [0.29, 0.717) is 36.9 Å². The molecule has 2 aliphatic rings. The SMILES string of the molecule is CC1(C)CC(=O)C2=C(C1)Nc1ccccc1N(CC(=O)NCCc1ccc(O)cc1)C2c1cccc([N+](=O)[O-])c1. The number of rotatable bonds is 7. The van der Waals surface area contributed by atoms with Gasteiger partial charge >= 0.3 is 0 Å². The van der Waals surface area contributed by atoms with Crippen molar-refractivity contribution in [1.82, 2.24) is 5.32 Å². The Labute approximate surface area is 232 Å². The van der Waals surface area contributed by atoms with Crippen molar-refractivity contribution in [3.63, 3.8) is 0 Å². The van der Waals surface area contributed by atoms with Crippen molar-refractivity contribution in [3.05, 3.63) is 105 Å². The molecule has 9 nitrogen and oxygen atoms in total. The van der Waals surface area contributed by atoms with Gasteiger partial charge in [-0.2, -0.15) is 0 Å². The van der Waals surface area contributed by atoms with Gasteiger partial charge in [-0.25, -0.2) is 0 Å². The number of hydrogen-bond donors (Lipinski definition) is 3. The van der Waals surface area contributed by atoms with Crippen molar-refractivity contribution < 1.29 is 19.6 Å². The standard InChI is InChI=1S/C31H32N4O5/c1-31(2)17-25-29(27(37)18-31)30(21-6-5-7-22(16-21)35(39)40)34(26-9-4-3-8-24(26)33-25)19-28(38)32-15-14-20-10-12-23(36)13-11-20/h3-13,16,30,33,36H,14-15,17-19H2,1-2H3,(H,32,38). The molecule has 1 atom stereocenters. The third-order valence-electron chi connectivity index (χ3n) is 7.39. The Bertz CT molecular complexity index is 1500. The third-order valence-corrected chi connectivity index (χ3v) is 7.39. The number of aromatic hydroxyl groups is 1. The summed E-state index contributed by atoms with van der Waals surface area (Å²) in [5, 5.41) is 27.6. The molecule has 1 aliphatic carbocycles. The minimum atomic E-state index is -0.697. The van der Waals surface area contributed by atoms with Crippen molar-refractivity contribution in [2.75, 3.05) is 23.3 Å². The number of anilines is 2. The minimum Gasteiger partial charge on any atom is -0.508 e. The number of phenols is 1. The summed E-state index contributed by atoms with van der Waals surface area (Å²) in [6, 6.07) is 20.0. The van der Waals surface area contributed by atoms with Gasteiger partial charge in [0.1, 0.15) is 5.75 Å². The predicted molar refractivity (Wildman–Crippen MR) is 153 cm³/mol. The molecule has 1 amide bonds. The van der Waals surface area contributed by atoms with E-state index < -0.39 is 11.0 Å². The summed E-state index contributed by atoms with van der Waals surface area (Å²) < 4.78 is 0. The van der Waals surface area contributed by atoms with Gasteiger partial charge < -0.3 is 20.6 Å². The lowest BCUT2D eigenvalue weighted by Crippen LogP contribution is -2.42. The molecule has 1 unspecified atom stereocenters. The van der Waals surface area contributed by atoms with Crippen LogP contribution in [0.2, 0.25) is 0 Å². The average molecular weight is 541 g/mol. The van der Waals surface area contributed by atoms with E-state index in [9.17, 15) is 24.8 Å². The zero-order valence-electron chi connectivity index (χ0n) is 22.5. The fourth-order valence-corrected chi connectivity index (χ4v) is 5.60. The fourth-order valence-electron chi connectivity index (χ4n) is 5.60. The molecule has 0 bridgehead atoms. The summed E-state index contributed by atoms with van der Waals surface area (Å²) in [6.45, 7) is 4.43. The molecule has 3 N–H and O–H groups in total. The number of para-hydroxylation sites is 2. The molecule has 0 saturated carbocycles. The summed E-state index contributed by atoms with van der Waals surface area (Å²) in [7, 11) is 0. The Hall–Kier alpha value is -4.66. The smallest absolute Gasteiger partial charge is 0.269 e. The molecular formula is C31H32N4O5. The lowest BCUT2D eigenvalue weighted by molar-refractivity contribution is -0.384. The van der Waals surface area contributed by atoms with E-state index in [1.54, 1.807) is 36.4 Å². The quantitative estimate of drug-likeness (QED) is 0.275. The van der Waals surface area contributed by atoms with E-state index in [1.807, 2.05) is 29.2 Å². The molecular weight excluding hydrogens is 508 g/mol. The maximum absolute atomic E-state index is 13.8. The zero-order valence-corrected chi connectivity index (χ0v) is 22.5. The number of benzene rings is 3. The number of nitro benzene ring substituents is 1. The number of carbonyl (C=O) groups excluding carboxylic acids is 2. The minimum absolute atomic E-state index is 0.0409. The molecule has 1 heterocycles. The number of nitrogens with one attached hydrogen (secondary N) is 2. The molecule has 0 aromatic heterocycles. The molecule has 9 heteroatoms. The molecule has 40 heavy (non-hydrogen) atoms. The van der Waals surface area contributed by atoms with Crippen LogP contribution in [0.1, 0.15) is 43.9 Å². The number of amides is 1. The number of allylic oxidation sites excluding steroid dienone is 1. The number of non-ortho nitro benzene ring substituents is 1. The Morgan fingerprint density at radius 3 is 2.60 bits per heavy atom. The molecule has 0 fully saturated rings. The van der Waals surface area contributed by atoms with Gasteiger partial charge in [0, 0.05) is 36.4 Å². The Morgan fingerprint density at radius 2 is 1.85 bits per heavy atom. The van der Waals surface area contributed by atoms with Crippen LogP contribution in [0, 0.1) is 15.5 Å². The summed E-state index contributed by atoms with van der Waals surface area (Å²) in [6.07, 6.45) is 1.55. The summed E-state index contributed by atoms with van der Waals surface area (Å²) in [5.74, 6) is -0.0970. The fraction of sp³-hybridized carbons (Fsp3) is 0.290. The highest BCUT2D eigenvalue weighted by Gasteiger charge is 2.42. The molecule has 0 radical (unpaired) electrons. The normalized spacial score (nSPS) is 17.8. The van der Waals surface area contributed by atoms with Crippen LogP contribution in [-0.4, -0.2) is 34.8 Å². The number of phenolic OH excluding ortho intramolecular Hbond substituents is 1. The first-order chi connectivity index (χ1) is 19.1. The largest absolute Gasteiger partial charge is 0.508 e. The first-order valence-electron chi connectivity index (χ1n) is 13.3. The molecule has 3 aromatic rings. The number of fused-ring (bicyclic) bond motifs is 1. The van der Waals surface area contributed by atoms with Crippen LogP contribution in [-0.2, 0) is 16.0 Å². The maximum Gasteiger partial charge on any atom is 0.269 e. The van der Waals surface area contributed by atoms with Gasteiger partial charge in [-0.3, -0.25) is 19.7 Å². The molecule has 206 valence electrons. The van der Waals surface area contributed by atoms with E-state index in [-0.39, 0.29) is 35.1 Å². The van der Waals surface area contributed by atoms with Crippen molar-refractivity contribution >= 4 is 28.8 Å². The lowest BCUT2D eigenvalue weighted by atomic mass is 9.73. The second-order valence-electron chi connectivity index (χ2n) is 11.1. The first-order valence-corrected chi connectivity index (χ1v) is 13.3. The average Bonchev–Trinajstić information content (AvgIpc) is 3.03. The van der Waals surface area contributed by atoms with Gasteiger partial charge in [0.05, 0.1) is 28.9 Å². The summed E-state index contributed by atoms with van der Waals surface area (Å²) in [5.41, 5.74) is 4.02.